The number of carbonyl (C=O) groups excluding carboxylic acids is 1. The smallest absolute Gasteiger partial charge is 0.234 e. The highest BCUT2D eigenvalue weighted by molar-refractivity contribution is 5.97. The third-order valence-corrected chi connectivity index (χ3v) is 4.07. The summed E-state index contributed by atoms with van der Waals surface area (Å²) in [6.45, 7) is 9.20. The molecule has 0 spiro atoms. The second kappa shape index (κ2) is 6.71. The molecule has 0 saturated carbocycles. The molecule has 0 heterocycles. The van der Waals surface area contributed by atoms with Gasteiger partial charge in [0.2, 0.25) is 5.91 Å². The number of anilines is 1. The van der Waals surface area contributed by atoms with Gasteiger partial charge in [-0.25, -0.2) is 0 Å². The lowest BCUT2D eigenvalue weighted by molar-refractivity contribution is -0.128. The zero-order valence-electron chi connectivity index (χ0n) is 12.6. The number of aryl methyl sites for hydroxylation is 1. The van der Waals surface area contributed by atoms with Crippen LogP contribution in [0.3, 0.4) is 0 Å². The van der Waals surface area contributed by atoms with Crippen LogP contribution in [0.15, 0.2) is 24.3 Å². The number of rotatable bonds is 6. The molecule has 19 heavy (non-hydrogen) atoms. The monoisotopic (exact) mass is 262 g/mol. The van der Waals surface area contributed by atoms with Gasteiger partial charge >= 0.3 is 0 Å². The molecule has 0 unspecified atom stereocenters. The van der Waals surface area contributed by atoms with Crippen LogP contribution in [0.2, 0.25) is 0 Å². The lowest BCUT2D eigenvalue weighted by Crippen LogP contribution is -2.47. The van der Waals surface area contributed by atoms with E-state index in [-0.39, 0.29) is 5.91 Å². The van der Waals surface area contributed by atoms with Crippen molar-refractivity contribution in [2.24, 2.45) is 11.1 Å². The van der Waals surface area contributed by atoms with E-state index in [1.165, 1.54) is 0 Å². The molecule has 0 bridgehead atoms. The Bertz CT molecular complexity index is 416. The highest BCUT2D eigenvalue weighted by atomic mass is 16.2. The maximum atomic E-state index is 12.8. The molecule has 2 N–H and O–H groups in total. The Morgan fingerprint density at radius 2 is 1.89 bits per heavy atom. The molecule has 3 heteroatoms. The predicted molar refractivity (Wildman–Crippen MR) is 81.3 cm³/mol. The molecule has 1 aromatic rings. The molecule has 3 nitrogen and oxygen atoms in total. The van der Waals surface area contributed by atoms with Crippen LogP contribution in [-0.2, 0) is 4.79 Å². The highest BCUT2D eigenvalue weighted by Gasteiger charge is 2.36. The van der Waals surface area contributed by atoms with Crippen molar-refractivity contribution in [3.05, 3.63) is 29.8 Å². The second-order valence-corrected chi connectivity index (χ2v) is 5.08. The summed E-state index contributed by atoms with van der Waals surface area (Å²) in [4.78, 5) is 14.7. The molecular weight excluding hydrogens is 236 g/mol. The summed E-state index contributed by atoms with van der Waals surface area (Å²) in [5, 5.41) is 0. The van der Waals surface area contributed by atoms with Gasteiger partial charge in [0.05, 0.1) is 5.41 Å². The van der Waals surface area contributed by atoms with Crippen LogP contribution >= 0.6 is 0 Å². The summed E-state index contributed by atoms with van der Waals surface area (Å²) in [5.74, 6) is 0.146. The van der Waals surface area contributed by atoms with Crippen LogP contribution in [0, 0.1) is 12.3 Å². The van der Waals surface area contributed by atoms with Crippen LogP contribution in [-0.4, -0.2) is 19.0 Å². The summed E-state index contributed by atoms with van der Waals surface area (Å²) in [7, 11) is 0. The molecule has 1 amide bonds. The normalized spacial score (nSPS) is 11.4. The summed E-state index contributed by atoms with van der Waals surface area (Å²) in [5.41, 5.74) is 7.58. The van der Waals surface area contributed by atoms with Gasteiger partial charge in [-0.3, -0.25) is 4.79 Å². The Hall–Kier alpha value is -1.35. The van der Waals surface area contributed by atoms with Crippen molar-refractivity contribution in [1.82, 2.24) is 0 Å². The Balaban J connectivity index is 3.12. The van der Waals surface area contributed by atoms with Crippen molar-refractivity contribution in [2.75, 3.05) is 18.0 Å². The number of nitrogens with zero attached hydrogens (tertiary/aromatic N) is 1. The maximum absolute atomic E-state index is 12.8. The van der Waals surface area contributed by atoms with Crippen molar-refractivity contribution >= 4 is 11.6 Å². The molecule has 0 fully saturated rings. The lowest BCUT2D eigenvalue weighted by Gasteiger charge is -2.35. The van der Waals surface area contributed by atoms with Crippen LogP contribution in [0.4, 0.5) is 5.69 Å². The number of carbonyl (C=O) groups is 1. The van der Waals surface area contributed by atoms with E-state index in [1.54, 1.807) is 0 Å². The SMILES string of the molecule is CCN(C(=O)C(CC)(CC)CN)c1cccc(C)c1. The van der Waals surface area contributed by atoms with Crippen molar-refractivity contribution in [3.63, 3.8) is 0 Å². The molecule has 0 atom stereocenters. The lowest BCUT2D eigenvalue weighted by atomic mass is 9.80. The maximum Gasteiger partial charge on any atom is 0.234 e. The van der Waals surface area contributed by atoms with E-state index >= 15 is 0 Å². The topological polar surface area (TPSA) is 46.3 Å². The van der Waals surface area contributed by atoms with Crippen LogP contribution in [0.1, 0.15) is 39.2 Å². The third-order valence-electron chi connectivity index (χ3n) is 4.07. The Morgan fingerprint density at radius 1 is 1.26 bits per heavy atom. The van der Waals surface area contributed by atoms with Crippen molar-refractivity contribution in [2.45, 2.75) is 40.5 Å². The fraction of sp³-hybridized carbons (Fsp3) is 0.562. The molecule has 106 valence electrons. The van der Waals surface area contributed by atoms with E-state index in [0.717, 1.165) is 24.1 Å². The zero-order valence-corrected chi connectivity index (χ0v) is 12.6. The summed E-state index contributed by atoms with van der Waals surface area (Å²) < 4.78 is 0. The van der Waals surface area contributed by atoms with Crippen molar-refractivity contribution in [1.29, 1.82) is 0 Å². The fourth-order valence-electron chi connectivity index (χ4n) is 2.45. The van der Waals surface area contributed by atoms with E-state index in [0.29, 0.717) is 13.1 Å². The Labute approximate surface area is 116 Å². The molecule has 0 radical (unpaired) electrons. The Morgan fingerprint density at radius 3 is 2.32 bits per heavy atom. The third kappa shape index (κ3) is 3.16. The highest BCUT2D eigenvalue weighted by Crippen LogP contribution is 2.30. The number of nitrogens with two attached hydrogens (primary N) is 1. The van der Waals surface area contributed by atoms with Gasteiger partial charge < -0.3 is 10.6 Å². The summed E-state index contributed by atoms with van der Waals surface area (Å²) in [6.07, 6.45) is 1.56. The van der Waals surface area contributed by atoms with Crippen LogP contribution in [0.25, 0.3) is 0 Å². The average Bonchev–Trinajstić information content (AvgIpc) is 2.42. The first-order valence-corrected chi connectivity index (χ1v) is 7.13. The number of hydrogen-bond acceptors (Lipinski definition) is 2. The van der Waals surface area contributed by atoms with E-state index in [2.05, 4.69) is 0 Å². The number of benzene rings is 1. The van der Waals surface area contributed by atoms with Gasteiger partial charge in [0, 0.05) is 18.8 Å². The van der Waals surface area contributed by atoms with Gasteiger partial charge in [-0.2, -0.15) is 0 Å². The first kappa shape index (κ1) is 15.7. The fourth-order valence-corrected chi connectivity index (χ4v) is 2.45. The minimum atomic E-state index is -0.431. The standard InChI is InChI=1S/C16H26N2O/c1-5-16(6-2,12-17)15(19)18(7-3)14-10-8-9-13(4)11-14/h8-11H,5-7,12,17H2,1-4H3. The van der Waals surface area contributed by atoms with Gasteiger partial charge in [-0.05, 0) is 44.4 Å². The van der Waals surface area contributed by atoms with Crippen molar-refractivity contribution in [3.8, 4) is 0 Å². The van der Waals surface area contributed by atoms with Gasteiger partial charge in [-0.1, -0.05) is 26.0 Å². The average molecular weight is 262 g/mol. The summed E-state index contributed by atoms with van der Waals surface area (Å²) in [6, 6.07) is 8.06. The molecule has 0 aliphatic heterocycles. The van der Waals surface area contributed by atoms with E-state index in [9.17, 15) is 4.79 Å². The zero-order chi connectivity index (χ0) is 14.5. The molecular formula is C16H26N2O. The van der Waals surface area contributed by atoms with E-state index in [4.69, 9.17) is 5.73 Å². The number of amides is 1. The van der Waals surface area contributed by atoms with Gasteiger partial charge in [-0.15, -0.1) is 0 Å². The molecule has 1 rings (SSSR count). The summed E-state index contributed by atoms with van der Waals surface area (Å²) >= 11 is 0. The molecule has 0 aliphatic rings. The quantitative estimate of drug-likeness (QED) is 0.856. The number of hydrogen-bond donors (Lipinski definition) is 1. The predicted octanol–water partition coefficient (Wildman–Crippen LogP) is 3.11. The minimum absolute atomic E-state index is 0.146. The van der Waals surface area contributed by atoms with Gasteiger partial charge in [0.1, 0.15) is 0 Å². The first-order chi connectivity index (χ1) is 9.04. The molecule has 0 saturated heterocycles. The molecule has 1 aromatic carbocycles. The second-order valence-electron chi connectivity index (χ2n) is 5.08. The largest absolute Gasteiger partial charge is 0.329 e. The first-order valence-electron chi connectivity index (χ1n) is 7.13. The molecule has 0 aliphatic carbocycles. The molecule has 0 aromatic heterocycles. The Kier molecular flexibility index (Phi) is 5.55. The van der Waals surface area contributed by atoms with Crippen LogP contribution in [0.5, 0.6) is 0 Å². The van der Waals surface area contributed by atoms with Crippen molar-refractivity contribution < 1.29 is 4.79 Å². The van der Waals surface area contributed by atoms with E-state index < -0.39 is 5.41 Å². The minimum Gasteiger partial charge on any atom is -0.329 e. The van der Waals surface area contributed by atoms with Gasteiger partial charge in [0.15, 0.2) is 0 Å². The van der Waals surface area contributed by atoms with Gasteiger partial charge in [0.25, 0.3) is 0 Å². The van der Waals surface area contributed by atoms with E-state index in [1.807, 2.05) is 56.9 Å². The van der Waals surface area contributed by atoms with Crippen LogP contribution < -0.4 is 10.6 Å².